The van der Waals surface area contributed by atoms with Crippen LogP contribution in [-0.2, 0) is 13.2 Å². The average Bonchev–Trinajstić information content (AvgIpc) is 2.73. The van der Waals surface area contributed by atoms with E-state index in [9.17, 15) is 10.1 Å². The maximum Gasteiger partial charge on any atom is 0.269 e. The molecule has 0 fully saturated rings. The summed E-state index contributed by atoms with van der Waals surface area (Å²) < 4.78 is 11.2. The lowest BCUT2D eigenvalue weighted by molar-refractivity contribution is -0.384. The molecule has 8 heteroatoms. The third-order valence-corrected chi connectivity index (χ3v) is 4.92. The molecule has 0 aliphatic heterocycles. The van der Waals surface area contributed by atoms with Crippen molar-refractivity contribution in [3.63, 3.8) is 0 Å². The smallest absolute Gasteiger partial charge is 0.269 e. The molecule has 3 rings (SSSR count). The molecule has 3 aromatic rings. The third-order valence-electron chi connectivity index (χ3n) is 4.19. The molecular formula is C21H18Cl2N2O4. The summed E-state index contributed by atoms with van der Waals surface area (Å²) in [6.45, 7) is 0.839. The highest BCUT2D eigenvalue weighted by Crippen LogP contribution is 2.30. The molecule has 1 N–H and O–H groups in total. The molecule has 0 aromatic heterocycles. The number of nitrogens with zero attached hydrogens (tertiary/aromatic N) is 1. The molecule has 0 amide bonds. The van der Waals surface area contributed by atoms with Crippen molar-refractivity contribution in [1.29, 1.82) is 0 Å². The minimum absolute atomic E-state index is 0.0464. The summed E-state index contributed by atoms with van der Waals surface area (Å²) >= 11 is 12.0. The number of nitro benzene ring substituents is 1. The topological polar surface area (TPSA) is 73.6 Å². The molecule has 0 spiro atoms. The van der Waals surface area contributed by atoms with E-state index in [4.69, 9.17) is 32.7 Å². The van der Waals surface area contributed by atoms with E-state index in [1.807, 2.05) is 24.3 Å². The first-order chi connectivity index (χ1) is 14.0. The SMILES string of the molecule is COc1cc(CNc2ccc(Cl)c(Cl)c2)ccc1OCc1ccc([N+](=O)[O-])cc1. The van der Waals surface area contributed by atoms with Crippen LogP contribution in [0.3, 0.4) is 0 Å². The van der Waals surface area contributed by atoms with E-state index in [1.54, 1.807) is 31.4 Å². The third kappa shape index (κ3) is 5.53. The second-order valence-electron chi connectivity index (χ2n) is 6.18. The van der Waals surface area contributed by atoms with Crippen LogP contribution in [0.2, 0.25) is 10.0 Å². The van der Waals surface area contributed by atoms with Crippen molar-refractivity contribution in [1.82, 2.24) is 0 Å². The van der Waals surface area contributed by atoms with Crippen molar-refractivity contribution in [2.45, 2.75) is 13.2 Å². The van der Waals surface area contributed by atoms with Crippen LogP contribution in [-0.4, -0.2) is 12.0 Å². The molecule has 0 atom stereocenters. The summed E-state index contributed by atoms with van der Waals surface area (Å²) in [6, 6.07) is 17.2. The molecule has 0 aliphatic carbocycles. The van der Waals surface area contributed by atoms with Gasteiger partial charge in [0.1, 0.15) is 6.61 Å². The quantitative estimate of drug-likeness (QED) is 0.343. The number of halogens is 2. The van der Waals surface area contributed by atoms with Crippen LogP contribution in [0, 0.1) is 10.1 Å². The van der Waals surface area contributed by atoms with E-state index >= 15 is 0 Å². The van der Waals surface area contributed by atoms with Gasteiger partial charge in [-0.2, -0.15) is 0 Å². The largest absolute Gasteiger partial charge is 0.493 e. The number of nitro groups is 1. The summed E-state index contributed by atoms with van der Waals surface area (Å²) in [5.74, 6) is 1.18. The van der Waals surface area contributed by atoms with Gasteiger partial charge >= 0.3 is 0 Å². The van der Waals surface area contributed by atoms with Crippen molar-refractivity contribution in [2.24, 2.45) is 0 Å². The molecule has 0 bridgehead atoms. The van der Waals surface area contributed by atoms with E-state index in [1.165, 1.54) is 12.1 Å². The molecule has 0 saturated heterocycles. The lowest BCUT2D eigenvalue weighted by Crippen LogP contribution is -2.02. The molecule has 150 valence electrons. The second-order valence-corrected chi connectivity index (χ2v) is 6.99. The molecule has 3 aromatic carbocycles. The zero-order chi connectivity index (χ0) is 20.8. The highest BCUT2D eigenvalue weighted by Gasteiger charge is 2.08. The van der Waals surface area contributed by atoms with Crippen molar-refractivity contribution < 1.29 is 14.4 Å². The molecule has 6 nitrogen and oxygen atoms in total. The lowest BCUT2D eigenvalue weighted by Gasteiger charge is -2.13. The molecule has 0 heterocycles. The van der Waals surface area contributed by atoms with E-state index in [2.05, 4.69) is 5.32 Å². The van der Waals surface area contributed by atoms with Gasteiger partial charge in [-0.05, 0) is 53.6 Å². The summed E-state index contributed by atoms with van der Waals surface area (Å²) in [6.07, 6.45) is 0. The van der Waals surface area contributed by atoms with Crippen molar-refractivity contribution in [2.75, 3.05) is 12.4 Å². The summed E-state index contributed by atoms with van der Waals surface area (Å²) in [4.78, 5) is 10.3. The molecule has 0 aliphatic rings. The van der Waals surface area contributed by atoms with E-state index in [0.29, 0.717) is 28.1 Å². The number of anilines is 1. The Hall–Kier alpha value is -2.96. The van der Waals surface area contributed by atoms with Gasteiger partial charge in [0, 0.05) is 24.4 Å². The zero-order valence-electron chi connectivity index (χ0n) is 15.5. The van der Waals surface area contributed by atoms with Gasteiger partial charge in [-0.15, -0.1) is 0 Å². The van der Waals surface area contributed by atoms with Gasteiger partial charge < -0.3 is 14.8 Å². The van der Waals surface area contributed by atoms with Gasteiger partial charge in [-0.25, -0.2) is 0 Å². The second kappa shape index (κ2) is 9.49. The van der Waals surface area contributed by atoms with Gasteiger partial charge in [0.2, 0.25) is 0 Å². The Morgan fingerprint density at radius 1 is 0.931 bits per heavy atom. The van der Waals surface area contributed by atoms with Gasteiger partial charge in [0.15, 0.2) is 11.5 Å². The molecule has 29 heavy (non-hydrogen) atoms. The van der Waals surface area contributed by atoms with E-state index < -0.39 is 4.92 Å². The Morgan fingerprint density at radius 2 is 1.66 bits per heavy atom. The van der Waals surface area contributed by atoms with Gasteiger partial charge in [0.25, 0.3) is 5.69 Å². The predicted octanol–water partition coefficient (Wildman–Crippen LogP) is 6.10. The standard InChI is InChI=1S/C21H18Cl2N2O4/c1-28-21-10-15(12-24-16-5-8-18(22)19(23)11-16)4-9-20(21)29-13-14-2-6-17(7-3-14)25(26)27/h2-11,24H,12-13H2,1H3. The minimum Gasteiger partial charge on any atom is -0.493 e. The monoisotopic (exact) mass is 432 g/mol. The Bertz CT molecular complexity index is 1010. The highest BCUT2D eigenvalue weighted by atomic mass is 35.5. The van der Waals surface area contributed by atoms with Crippen LogP contribution < -0.4 is 14.8 Å². The van der Waals surface area contributed by atoms with Crippen LogP contribution in [0.15, 0.2) is 60.7 Å². The fourth-order valence-corrected chi connectivity index (χ4v) is 2.92. The Balaban J connectivity index is 1.63. The van der Waals surface area contributed by atoms with Crippen LogP contribution in [0.1, 0.15) is 11.1 Å². The van der Waals surface area contributed by atoms with Crippen molar-refractivity contribution in [3.05, 3.63) is 92.0 Å². The lowest BCUT2D eigenvalue weighted by atomic mass is 10.2. The normalized spacial score (nSPS) is 10.4. The fraction of sp³-hybridized carbons (Fsp3) is 0.143. The predicted molar refractivity (Wildman–Crippen MR) is 114 cm³/mol. The summed E-state index contributed by atoms with van der Waals surface area (Å²) in [7, 11) is 1.57. The molecule has 0 unspecified atom stereocenters. The van der Waals surface area contributed by atoms with Crippen LogP contribution in [0.25, 0.3) is 0 Å². The maximum atomic E-state index is 10.7. The van der Waals surface area contributed by atoms with Crippen LogP contribution in [0.5, 0.6) is 11.5 Å². The number of nitrogens with one attached hydrogen (secondary N) is 1. The van der Waals surface area contributed by atoms with E-state index in [0.717, 1.165) is 16.8 Å². The number of ether oxygens (including phenoxy) is 2. The Morgan fingerprint density at radius 3 is 2.31 bits per heavy atom. The van der Waals surface area contributed by atoms with Gasteiger partial charge in [-0.1, -0.05) is 29.3 Å². The number of rotatable bonds is 8. The number of non-ortho nitro benzene ring substituents is 1. The first-order valence-corrected chi connectivity index (χ1v) is 9.44. The molecular weight excluding hydrogens is 415 g/mol. The fourth-order valence-electron chi connectivity index (χ4n) is 2.63. The minimum atomic E-state index is -0.432. The Labute approximate surface area is 178 Å². The maximum absolute atomic E-state index is 10.7. The van der Waals surface area contributed by atoms with Crippen molar-refractivity contribution in [3.8, 4) is 11.5 Å². The van der Waals surface area contributed by atoms with Gasteiger partial charge in [0.05, 0.1) is 22.1 Å². The van der Waals surface area contributed by atoms with Crippen molar-refractivity contribution >= 4 is 34.6 Å². The Kier molecular flexibility index (Phi) is 6.80. The molecule has 0 saturated carbocycles. The first-order valence-electron chi connectivity index (χ1n) is 8.68. The number of benzene rings is 3. The summed E-state index contributed by atoms with van der Waals surface area (Å²) in [5, 5.41) is 15.0. The molecule has 0 radical (unpaired) electrons. The van der Waals surface area contributed by atoms with Gasteiger partial charge in [-0.3, -0.25) is 10.1 Å². The highest BCUT2D eigenvalue weighted by molar-refractivity contribution is 6.42. The average molecular weight is 433 g/mol. The number of methoxy groups -OCH3 is 1. The van der Waals surface area contributed by atoms with E-state index in [-0.39, 0.29) is 12.3 Å². The van der Waals surface area contributed by atoms with Crippen LogP contribution >= 0.6 is 23.2 Å². The number of hydrogen-bond donors (Lipinski definition) is 1. The number of hydrogen-bond acceptors (Lipinski definition) is 5. The van der Waals surface area contributed by atoms with Crippen LogP contribution in [0.4, 0.5) is 11.4 Å². The summed E-state index contributed by atoms with van der Waals surface area (Å²) in [5.41, 5.74) is 2.72. The first kappa shape index (κ1) is 20.8. The zero-order valence-corrected chi connectivity index (χ0v) is 17.0.